The van der Waals surface area contributed by atoms with E-state index in [-0.39, 0.29) is 12.5 Å². The highest BCUT2D eigenvalue weighted by Crippen LogP contribution is 2.36. The van der Waals surface area contributed by atoms with Gasteiger partial charge in [0.05, 0.1) is 0 Å². The maximum absolute atomic E-state index is 12.8. The Morgan fingerprint density at radius 3 is 2.32 bits per heavy atom. The number of imide groups is 2. The van der Waals surface area contributed by atoms with Crippen molar-refractivity contribution >= 4 is 23.8 Å². The van der Waals surface area contributed by atoms with Crippen LogP contribution in [0.25, 0.3) is 0 Å². The van der Waals surface area contributed by atoms with Gasteiger partial charge in [0.1, 0.15) is 13.1 Å². The molecule has 1 saturated carbocycles. The van der Waals surface area contributed by atoms with Gasteiger partial charge in [0, 0.05) is 12.6 Å². The van der Waals surface area contributed by atoms with E-state index >= 15 is 0 Å². The maximum atomic E-state index is 12.8. The highest BCUT2D eigenvalue weighted by molar-refractivity contribution is 6.45. The highest BCUT2D eigenvalue weighted by Gasteiger charge is 2.47. The van der Waals surface area contributed by atoms with Crippen molar-refractivity contribution < 1.29 is 32.3 Å². The SMILES string of the molecule is C=CCN1C(=O)C(=O)N(CC(=O)N(CC(F)(F)F)[C@H](C)C2CC2)C1=O. The van der Waals surface area contributed by atoms with Gasteiger partial charge in [-0.1, -0.05) is 6.08 Å². The van der Waals surface area contributed by atoms with E-state index in [9.17, 15) is 32.3 Å². The van der Waals surface area contributed by atoms with Crippen LogP contribution >= 0.6 is 0 Å². The maximum Gasteiger partial charge on any atom is 0.406 e. The monoisotopic (exact) mass is 361 g/mol. The lowest BCUT2D eigenvalue weighted by Gasteiger charge is -2.31. The summed E-state index contributed by atoms with van der Waals surface area (Å²) in [6.07, 6.45) is -1.95. The Bertz CT molecular complexity index is 616. The van der Waals surface area contributed by atoms with Gasteiger partial charge in [-0.2, -0.15) is 13.2 Å². The summed E-state index contributed by atoms with van der Waals surface area (Å²) in [4.78, 5) is 49.5. The Balaban J connectivity index is 2.14. The normalized spacial score (nSPS) is 19.4. The zero-order valence-corrected chi connectivity index (χ0v) is 13.6. The second kappa shape index (κ2) is 6.85. The van der Waals surface area contributed by atoms with Gasteiger partial charge in [-0.15, -0.1) is 6.58 Å². The molecule has 2 rings (SSSR count). The van der Waals surface area contributed by atoms with Crippen molar-refractivity contribution in [2.24, 2.45) is 5.92 Å². The molecule has 5 amide bonds. The quantitative estimate of drug-likeness (QED) is 0.387. The zero-order valence-electron chi connectivity index (χ0n) is 13.6. The fraction of sp³-hybridized carbons (Fsp3) is 0.600. The standard InChI is InChI=1S/C15H18F3N3O4/c1-3-6-19-12(23)13(24)20(14(19)25)7-11(22)21(8-15(16,17)18)9(2)10-4-5-10/h3,9-10H,1,4-8H2,2H3/t9-/m1/s1. The molecule has 0 radical (unpaired) electrons. The number of halogens is 3. The van der Waals surface area contributed by atoms with Crippen LogP contribution in [-0.4, -0.2) is 70.3 Å². The predicted molar refractivity (Wildman–Crippen MR) is 79.0 cm³/mol. The molecular formula is C15H18F3N3O4. The van der Waals surface area contributed by atoms with Crippen LogP contribution in [0.2, 0.25) is 0 Å². The first-order valence-electron chi connectivity index (χ1n) is 7.71. The molecule has 0 aromatic heterocycles. The van der Waals surface area contributed by atoms with Crippen molar-refractivity contribution in [3.8, 4) is 0 Å². The van der Waals surface area contributed by atoms with E-state index in [4.69, 9.17) is 0 Å². The molecule has 1 aliphatic carbocycles. The van der Waals surface area contributed by atoms with Crippen molar-refractivity contribution in [3.05, 3.63) is 12.7 Å². The summed E-state index contributed by atoms with van der Waals surface area (Å²) in [6, 6.07) is -1.70. The van der Waals surface area contributed by atoms with Gasteiger partial charge in [-0.05, 0) is 25.7 Å². The number of hydrogen-bond acceptors (Lipinski definition) is 4. The van der Waals surface area contributed by atoms with Crippen LogP contribution in [0.15, 0.2) is 12.7 Å². The van der Waals surface area contributed by atoms with Crippen molar-refractivity contribution in [3.63, 3.8) is 0 Å². The molecule has 138 valence electrons. The van der Waals surface area contributed by atoms with Crippen LogP contribution in [0.1, 0.15) is 19.8 Å². The van der Waals surface area contributed by atoms with Gasteiger partial charge in [0.25, 0.3) is 0 Å². The number of urea groups is 1. The minimum absolute atomic E-state index is 0.0322. The first-order chi connectivity index (χ1) is 11.6. The highest BCUT2D eigenvalue weighted by atomic mass is 19.4. The molecule has 0 spiro atoms. The average molecular weight is 361 g/mol. The van der Waals surface area contributed by atoms with E-state index in [1.165, 1.54) is 13.0 Å². The first kappa shape index (κ1) is 18.9. The molecule has 25 heavy (non-hydrogen) atoms. The van der Waals surface area contributed by atoms with Gasteiger partial charge in [0.2, 0.25) is 5.91 Å². The molecule has 1 aliphatic heterocycles. The largest absolute Gasteiger partial charge is 0.406 e. The van der Waals surface area contributed by atoms with Crippen LogP contribution < -0.4 is 0 Å². The Morgan fingerprint density at radius 2 is 1.84 bits per heavy atom. The molecule has 7 nitrogen and oxygen atoms in total. The van der Waals surface area contributed by atoms with Crippen LogP contribution in [-0.2, 0) is 14.4 Å². The second-order valence-electron chi connectivity index (χ2n) is 6.09. The summed E-state index contributed by atoms with van der Waals surface area (Å²) in [6.45, 7) is 2.26. The summed E-state index contributed by atoms with van der Waals surface area (Å²) in [5.41, 5.74) is 0. The number of hydrogen-bond donors (Lipinski definition) is 0. The van der Waals surface area contributed by atoms with Crippen LogP contribution in [0, 0.1) is 5.92 Å². The minimum atomic E-state index is -4.61. The number of carbonyl (C=O) groups is 4. The second-order valence-corrected chi connectivity index (χ2v) is 6.09. The van der Waals surface area contributed by atoms with E-state index in [1.54, 1.807) is 0 Å². The molecule has 1 saturated heterocycles. The number of amides is 5. The number of alkyl halides is 3. The number of rotatable bonds is 7. The molecular weight excluding hydrogens is 343 g/mol. The Hall–Kier alpha value is -2.39. The lowest BCUT2D eigenvalue weighted by atomic mass is 10.1. The van der Waals surface area contributed by atoms with Crippen molar-refractivity contribution in [2.45, 2.75) is 32.0 Å². The van der Waals surface area contributed by atoms with E-state index in [0.717, 1.165) is 12.8 Å². The van der Waals surface area contributed by atoms with Crippen LogP contribution in [0.5, 0.6) is 0 Å². The van der Waals surface area contributed by atoms with E-state index < -0.39 is 49.1 Å². The number of carbonyl (C=O) groups excluding carboxylic acids is 4. The van der Waals surface area contributed by atoms with Gasteiger partial charge >= 0.3 is 24.0 Å². The topological polar surface area (TPSA) is 78.0 Å². The van der Waals surface area contributed by atoms with Gasteiger partial charge < -0.3 is 4.90 Å². The summed E-state index contributed by atoms with van der Waals surface area (Å²) in [5, 5.41) is 0. The zero-order chi connectivity index (χ0) is 18.9. The van der Waals surface area contributed by atoms with Gasteiger partial charge in [-0.25, -0.2) is 9.69 Å². The van der Waals surface area contributed by atoms with Crippen molar-refractivity contribution in [1.82, 2.24) is 14.7 Å². The lowest BCUT2D eigenvalue weighted by Crippen LogP contribution is -2.50. The fourth-order valence-corrected chi connectivity index (χ4v) is 2.69. The molecule has 0 unspecified atom stereocenters. The third-order valence-corrected chi connectivity index (χ3v) is 4.21. The molecule has 10 heteroatoms. The predicted octanol–water partition coefficient (Wildman–Crippen LogP) is 1.15. The van der Waals surface area contributed by atoms with Gasteiger partial charge in [-0.3, -0.25) is 19.3 Å². The number of nitrogens with zero attached hydrogens (tertiary/aromatic N) is 3. The Morgan fingerprint density at radius 1 is 1.28 bits per heavy atom. The lowest BCUT2D eigenvalue weighted by molar-refractivity contribution is -0.166. The summed E-state index contributed by atoms with van der Waals surface area (Å²) >= 11 is 0. The summed E-state index contributed by atoms with van der Waals surface area (Å²) < 4.78 is 38.4. The molecule has 0 N–H and O–H groups in total. The minimum Gasteiger partial charge on any atom is -0.329 e. The van der Waals surface area contributed by atoms with E-state index in [0.29, 0.717) is 14.7 Å². The molecule has 0 bridgehead atoms. The third kappa shape index (κ3) is 4.18. The average Bonchev–Trinajstić information content (AvgIpc) is 3.33. The molecule has 0 aromatic rings. The molecule has 1 atom stereocenters. The summed E-state index contributed by atoms with van der Waals surface area (Å²) in [5.74, 6) is -3.41. The van der Waals surface area contributed by atoms with Crippen LogP contribution in [0.3, 0.4) is 0 Å². The van der Waals surface area contributed by atoms with Crippen molar-refractivity contribution in [2.75, 3.05) is 19.6 Å². The molecule has 1 heterocycles. The molecule has 2 fully saturated rings. The van der Waals surface area contributed by atoms with E-state index in [2.05, 4.69) is 6.58 Å². The fourth-order valence-electron chi connectivity index (χ4n) is 2.69. The molecule has 0 aromatic carbocycles. The van der Waals surface area contributed by atoms with Crippen molar-refractivity contribution in [1.29, 1.82) is 0 Å². The Labute approximate surface area is 142 Å². The summed E-state index contributed by atoms with van der Waals surface area (Å²) in [7, 11) is 0. The van der Waals surface area contributed by atoms with Gasteiger partial charge in [0.15, 0.2) is 0 Å². The Kier molecular flexibility index (Phi) is 5.19. The molecule has 2 aliphatic rings. The first-order valence-corrected chi connectivity index (χ1v) is 7.71. The smallest absolute Gasteiger partial charge is 0.329 e. The third-order valence-electron chi connectivity index (χ3n) is 4.21. The van der Waals surface area contributed by atoms with Crippen LogP contribution in [0.4, 0.5) is 18.0 Å². The van der Waals surface area contributed by atoms with E-state index in [1.807, 2.05) is 0 Å².